The van der Waals surface area contributed by atoms with Gasteiger partial charge in [0.05, 0.1) is 9.78 Å². The quantitative estimate of drug-likeness (QED) is 0.109. The molecule has 39 heavy (non-hydrogen) atoms. The Balaban J connectivity index is 1.37. The molecule has 0 unspecified atom stereocenters. The van der Waals surface area contributed by atoms with Crippen LogP contribution in [0.1, 0.15) is 30.4 Å². The van der Waals surface area contributed by atoms with E-state index in [1.807, 2.05) is 36.4 Å². The Morgan fingerprint density at radius 2 is 1.67 bits per heavy atom. The molecule has 4 aromatic rings. The summed E-state index contributed by atoms with van der Waals surface area (Å²) in [6.45, 7) is 2.22. The number of hydrogen-bond acceptors (Lipinski definition) is 8. The second-order valence-electron chi connectivity index (χ2n) is 8.91. The highest BCUT2D eigenvalue weighted by atomic mass is 127. The van der Waals surface area contributed by atoms with Crippen LogP contribution in [0.3, 0.4) is 0 Å². The van der Waals surface area contributed by atoms with Gasteiger partial charge in [-0.15, -0.1) is 0 Å². The molecular weight excluding hydrogens is 723 g/mol. The fourth-order valence-electron chi connectivity index (χ4n) is 4.09. The number of rotatable bonds is 9. The zero-order valence-electron chi connectivity index (χ0n) is 20.9. The van der Waals surface area contributed by atoms with Gasteiger partial charge in [0.2, 0.25) is 17.8 Å². The van der Waals surface area contributed by atoms with Crippen molar-refractivity contribution in [2.75, 3.05) is 28.7 Å². The maximum Gasteiger partial charge on any atom is 0.250 e. The molecule has 2 N–H and O–H groups in total. The minimum Gasteiger partial charge on any atom is -0.487 e. The van der Waals surface area contributed by atoms with Gasteiger partial charge in [-0.1, -0.05) is 30.3 Å². The maximum absolute atomic E-state index is 13.4. The topological polar surface area (TPSA) is 87.6 Å². The Bertz CT molecular complexity index is 1430. The van der Waals surface area contributed by atoms with Gasteiger partial charge in [-0.25, -0.2) is 9.82 Å². The van der Waals surface area contributed by atoms with Crippen molar-refractivity contribution in [1.29, 1.82) is 0 Å². The highest BCUT2D eigenvalue weighted by Crippen LogP contribution is 2.28. The van der Waals surface area contributed by atoms with E-state index in [1.54, 1.807) is 18.3 Å². The van der Waals surface area contributed by atoms with E-state index in [0.717, 1.165) is 49.9 Å². The third kappa shape index (κ3) is 7.75. The number of aromatic nitrogens is 3. The highest BCUT2D eigenvalue weighted by Gasteiger charge is 2.17. The van der Waals surface area contributed by atoms with Gasteiger partial charge in [0.15, 0.2) is 0 Å². The highest BCUT2D eigenvalue weighted by molar-refractivity contribution is 14.1. The molecule has 0 amide bonds. The predicted octanol–water partition coefficient (Wildman–Crippen LogP) is 6.98. The third-order valence-electron chi connectivity index (χ3n) is 5.99. The first-order chi connectivity index (χ1) is 19.0. The smallest absolute Gasteiger partial charge is 0.250 e. The van der Waals surface area contributed by atoms with E-state index in [0.29, 0.717) is 30.1 Å². The van der Waals surface area contributed by atoms with Crippen molar-refractivity contribution < 1.29 is 9.13 Å². The van der Waals surface area contributed by atoms with Gasteiger partial charge >= 0.3 is 0 Å². The Morgan fingerprint density at radius 3 is 2.44 bits per heavy atom. The number of ether oxygens (including phenoxy) is 1. The SMILES string of the molecule is Fc1ccc(Nc2nc(N/N=C\c3cc(I)cc(I)c3OCc3ccccc3)nc(N3CCCCC3)n2)cc1. The summed E-state index contributed by atoms with van der Waals surface area (Å²) in [5, 5.41) is 7.59. The minimum absolute atomic E-state index is 0.304. The van der Waals surface area contributed by atoms with Crippen molar-refractivity contribution in [2.45, 2.75) is 25.9 Å². The van der Waals surface area contributed by atoms with Crippen molar-refractivity contribution in [3.8, 4) is 5.75 Å². The van der Waals surface area contributed by atoms with E-state index in [4.69, 9.17) is 4.74 Å². The summed E-state index contributed by atoms with van der Waals surface area (Å²) in [7, 11) is 0. The van der Waals surface area contributed by atoms with Gasteiger partial charge in [-0.05, 0) is 106 Å². The summed E-state index contributed by atoms with van der Waals surface area (Å²) >= 11 is 4.57. The summed E-state index contributed by atoms with van der Waals surface area (Å²) in [6.07, 6.45) is 5.08. The number of piperidine rings is 1. The fourth-order valence-corrected chi connectivity index (χ4v) is 6.13. The summed E-state index contributed by atoms with van der Waals surface area (Å²) in [4.78, 5) is 15.9. The molecule has 1 aliphatic rings. The van der Waals surface area contributed by atoms with E-state index < -0.39 is 0 Å². The van der Waals surface area contributed by atoms with Crippen LogP contribution in [0.15, 0.2) is 71.8 Å². The molecular formula is C28H26FI2N7O. The summed E-state index contributed by atoms with van der Waals surface area (Å²) in [5.41, 5.74) is 5.57. The van der Waals surface area contributed by atoms with Crippen LogP contribution in [-0.2, 0) is 6.61 Å². The van der Waals surface area contributed by atoms with Crippen LogP contribution >= 0.6 is 45.2 Å². The number of anilines is 4. The van der Waals surface area contributed by atoms with Crippen molar-refractivity contribution in [2.24, 2.45) is 5.10 Å². The molecule has 1 fully saturated rings. The number of nitrogens with one attached hydrogen (secondary N) is 2. The Labute approximate surface area is 253 Å². The average molecular weight is 749 g/mol. The second kappa shape index (κ2) is 13.3. The second-order valence-corrected chi connectivity index (χ2v) is 11.3. The molecule has 0 spiro atoms. The molecule has 0 aliphatic carbocycles. The Morgan fingerprint density at radius 1 is 0.923 bits per heavy atom. The van der Waals surface area contributed by atoms with Crippen LogP contribution in [0.5, 0.6) is 5.75 Å². The van der Waals surface area contributed by atoms with Gasteiger partial charge in [0.1, 0.15) is 18.2 Å². The first-order valence-corrected chi connectivity index (χ1v) is 14.7. The Hall–Kier alpha value is -3.07. The number of benzene rings is 3. The number of halogens is 3. The zero-order valence-corrected chi connectivity index (χ0v) is 25.3. The van der Waals surface area contributed by atoms with E-state index >= 15 is 0 Å². The Kier molecular flexibility index (Phi) is 9.40. The van der Waals surface area contributed by atoms with Gasteiger partial charge in [0, 0.05) is 27.9 Å². The molecule has 1 aliphatic heterocycles. The number of hydrogen-bond donors (Lipinski definition) is 2. The van der Waals surface area contributed by atoms with Crippen LogP contribution in [0.4, 0.5) is 27.9 Å². The molecule has 2 heterocycles. The van der Waals surface area contributed by atoms with Gasteiger partial charge in [-0.2, -0.15) is 20.1 Å². The third-order valence-corrected chi connectivity index (χ3v) is 7.42. The molecule has 5 rings (SSSR count). The van der Waals surface area contributed by atoms with Crippen LogP contribution < -0.4 is 20.4 Å². The van der Waals surface area contributed by atoms with Crippen molar-refractivity contribution in [1.82, 2.24) is 15.0 Å². The lowest BCUT2D eigenvalue weighted by atomic mass is 10.1. The molecule has 1 saturated heterocycles. The van der Waals surface area contributed by atoms with Gasteiger partial charge in [-0.3, -0.25) is 0 Å². The largest absolute Gasteiger partial charge is 0.487 e. The first kappa shape index (κ1) is 27.5. The molecule has 0 bridgehead atoms. The normalized spacial score (nSPS) is 13.5. The predicted molar refractivity (Wildman–Crippen MR) is 169 cm³/mol. The van der Waals surface area contributed by atoms with E-state index in [2.05, 4.69) is 86.9 Å². The lowest BCUT2D eigenvalue weighted by Gasteiger charge is -2.26. The summed E-state index contributed by atoms with van der Waals surface area (Å²) in [6, 6.07) is 20.2. The zero-order chi connectivity index (χ0) is 27.0. The van der Waals surface area contributed by atoms with Crippen LogP contribution in [0, 0.1) is 13.0 Å². The monoisotopic (exact) mass is 749 g/mol. The van der Waals surface area contributed by atoms with Crippen LogP contribution in [-0.4, -0.2) is 34.3 Å². The molecule has 1 aromatic heterocycles. The molecule has 3 aromatic carbocycles. The molecule has 8 nitrogen and oxygen atoms in total. The molecule has 0 saturated carbocycles. The summed E-state index contributed by atoms with van der Waals surface area (Å²) in [5.74, 6) is 1.68. The standard InChI is InChI=1S/C28H26FI2N7O/c29-21-9-11-23(12-10-21)33-26-34-27(36-28(35-26)38-13-5-2-6-14-38)37-32-17-20-15-22(30)16-24(31)25(20)39-18-19-7-3-1-4-8-19/h1,3-4,7-12,15-17H,2,5-6,13-14,18H2,(H2,33,34,35,36,37)/b32-17-. The van der Waals surface area contributed by atoms with Crippen molar-refractivity contribution in [3.63, 3.8) is 0 Å². The molecule has 200 valence electrons. The maximum atomic E-state index is 13.4. The lowest BCUT2D eigenvalue weighted by molar-refractivity contribution is 0.303. The number of nitrogens with zero attached hydrogens (tertiary/aromatic N) is 5. The van der Waals surface area contributed by atoms with Crippen LogP contribution in [0.2, 0.25) is 0 Å². The van der Waals surface area contributed by atoms with E-state index in [9.17, 15) is 4.39 Å². The average Bonchev–Trinajstić information content (AvgIpc) is 2.95. The fraction of sp³-hybridized carbons (Fsp3) is 0.214. The molecule has 0 radical (unpaired) electrons. The van der Waals surface area contributed by atoms with E-state index in [-0.39, 0.29) is 5.82 Å². The molecule has 0 atom stereocenters. The lowest BCUT2D eigenvalue weighted by Crippen LogP contribution is -2.31. The van der Waals surface area contributed by atoms with Crippen LogP contribution in [0.25, 0.3) is 0 Å². The first-order valence-electron chi connectivity index (χ1n) is 12.5. The molecule has 11 heteroatoms. The van der Waals surface area contributed by atoms with Gasteiger partial charge < -0.3 is 15.0 Å². The minimum atomic E-state index is -0.306. The van der Waals surface area contributed by atoms with Crippen molar-refractivity contribution in [3.05, 3.63) is 90.8 Å². The van der Waals surface area contributed by atoms with Crippen molar-refractivity contribution >= 4 is 74.9 Å². The summed E-state index contributed by atoms with van der Waals surface area (Å²) < 4.78 is 21.6. The number of hydrazone groups is 1. The van der Waals surface area contributed by atoms with Gasteiger partial charge in [0.25, 0.3) is 0 Å². The van der Waals surface area contributed by atoms with E-state index in [1.165, 1.54) is 18.6 Å².